The lowest BCUT2D eigenvalue weighted by molar-refractivity contribution is -0.0602. The Morgan fingerprint density at radius 3 is 2.49 bits per heavy atom. The van der Waals surface area contributed by atoms with Crippen LogP contribution in [0, 0.1) is 17.2 Å². The number of aromatic nitrogens is 6. The number of benzene rings is 1. The first-order chi connectivity index (χ1) is 20.4. The van der Waals surface area contributed by atoms with Gasteiger partial charge in [0.15, 0.2) is 5.82 Å². The SMILES string of the molecule is Cn1nc(-c2ccc(N3CC(CO)(C(F)F)C3)nc2)nc1Nc1ccc(-c2cn(COCCS(C)(C)C)nc2F)c(F)c1. The topological polar surface area (TPSA) is 106 Å². The second-order valence-electron chi connectivity index (χ2n) is 11.5. The van der Waals surface area contributed by atoms with E-state index in [1.54, 1.807) is 30.1 Å². The number of anilines is 3. The van der Waals surface area contributed by atoms with Crippen molar-refractivity contribution >= 4 is 27.5 Å². The Bertz CT molecular complexity index is 1570. The van der Waals surface area contributed by atoms with Crippen LogP contribution in [0.4, 0.5) is 35.0 Å². The quantitative estimate of drug-likeness (QED) is 0.176. The summed E-state index contributed by atoms with van der Waals surface area (Å²) in [7, 11) is 0.959. The Morgan fingerprint density at radius 2 is 1.86 bits per heavy atom. The average molecular weight is 623 g/mol. The van der Waals surface area contributed by atoms with Crippen molar-refractivity contribution in [3.05, 3.63) is 54.5 Å². The highest BCUT2D eigenvalue weighted by Gasteiger charge is 2.50. The molecule has 0 radical (unpaired) electrons. The summed E-state index contributed by atoms with van der Waals surface area (Å²) in [6.45, 7) is 0.0438. The first-order valence-electron chi connectivity index (χ1n) is 13.4. The Kier molecular flexibility index (Phi) is 8.68. The minimum atomic E-state index is -2.62. The minimum Gasteiger partial charge on any atom is -0.395 e. The summed E-state index contributed by atoms with van der Waals surface area (Å²) in [6.07, 6.45) is 6.89. The van der Waals surface area contributed by atoms with Crippen molar-refractivity contribution in [1.29, 1.82) is 0 Å². The van der Waals surface area contributed by atoms with Gasteiger partial charge in [-0.1, -0.05) is 0 Å². The van der Waals surface area contributed by atoms with Crippen molar-refractivity contribution < 1.29 is 27.4 Å². The van der Waals surface area contributed by atoms with Crippen LogP contribution in [0.15, 0.2) is 42.7 Å². The van der Waals surface area contributed by atoms with E-state index in [1.165, 1.54) is 33.9 Å². The van der Waals surface area contributed by atoms with E-state index >= 15 is 4.39 Å². The predicted molar refractivity (Wildman–Crippen MR) is 159 cm³/mol. The number of halogens is 4. The molecule has 4 aromatic rings. The Balaban J connectivity index is 1.23. The number of aliphatic hydroxyl groups excluding tert-OH is 1. The average Bonchev–Trinajstić information content (AvgIpc) is 3.47. The molecule has 232 valence electrons. The molecule has 0 atom stereocenters. The number of pyridine rings is 1. The molecule has 4 heterocycles. The second-order valence-corrected chi connectivity index (χ2v) is 16.1. The van der Waals surface area contributed by atoms with Crippen molar-refractivity contribution in [2.75, 3.05) is 61.0 Å². The lowest BCUT2D eigenvalue weighted by Gasteiger charge is -2.49. The smallest absolute Gasteiger partial charge is 0.249 e. The van der Waals surface area contributed by atoms with E-state index < -0.39 is 40.2 Å². The van der Waals surface area contributed by atoms with E-state index in [1.807, 2.05) is 0 Å². The molecule has 5 rings (SSSR count). The zero-order valence-corrected chi connectivity index (χ0v) is 25.1. The molecular weight excluding hydrogens is 588 g/mol. The van der Waals surface area contributed by atoms with Crippen LogP contribution in [-0.4, -0.2) is 91.9 Å². The van der Waals surface area contributed by atoms with Gasteiger partial charge in [0.1, 0.15) is 18.4 Å². The molecule has 0 unspecified atom stereocenters. The van der Waals surface area contributed by atoms with Gasteiger partial charge in [0.05, 0.1) is 24.2 Å². The van der Waals surface area contributed by atoms with Gasteiger partial charge in [-0.15, -0.1) is 10.2 Å². The van der Waals surface area contributed by atoms with Crippen LogP contribution in [0.3, 0.4) is 0 Å². The van der Waals surface area contributed by atoms with Crippen molar-refractivity contribution in [3.8, 4) is 22.5 Å². The van der Waals surface area contributed by atoms with Crippen LogP contribution in [-0.2, 0) is 18.5 Å². The van der Waals surface area contributed by atoms with Crippen LogP contribution in [0.5, 0.6) is 0 Å². The molecule has 0 spiro atoms. The van der Waals surface area contributed by atoms with Gasteiger partial charge in [-0.2, -0.15) is 9.37 Å². The number of nitrogens with zero attached hydrogens (tertiary/aromatic N) is 7. The van der Waals surface area contributed by atoms with Gasteiger partial charge in [0.25, 0.3) is 0 Å². The fourth-order valence-corrected chi connectivity index (χ4v) is 5.17. The van der Waals surface area contributed by atoms with E-state index in [2.05, 4.69) is 44.2 Å². The standard InChI is InChI=1S/C28H34F4N8O2S/c1-38-27(35-25(37-38)18-5-8-23(33-12-18)39-14-28(15-39,16-41)26(31)32)34-19-6-7-20(22(29)11-19)21-13-40(36-24(21)30)17-42-9-10-43(2,3)4/h5-8,11-13,26,41H,9-10,14-17H2,1-4H3,(H,34,35,37). The molecule has 3 aromatic heterocycles. The molecule has 1 aromatic carbocycles. The molecule has 0 saturated carbocycles. The maximum Gasteiger partial charge on any atom is 0.249 e. The number of aliphatic hydroxyl groups is 1. The molecule has 1 aliphatic heterocycles. The molecule has 10 nitrogen and oxygen atoms in total. The maximum atomic E-state index is 15.1. The van der Waals surface area contributed by atoms with Crippen LogP contribution in [0.1, 0.15) is 0 Å². The lowest BCUT2D eigenvalue weighted by Crippen LogP contribution is -2.62. The van der Waals surface area contributed by atoms with Gasteiger partial charge >= 0.3 is 0 Å². The van der Waals surface area contributed by atoms with Crippen molar-refractivity contribution in [3.63, 3.8) is 0 Å². The summed E-state index contributed by atoms with van der Waals surface area (Å²) in [5.41, 5.74) is -0.362. The van der Waals surface area contributed by atoms with E-state index in [4.69, 9.17) is 4.74 Å². The van der Waals surface area contributed by atoms with Crippen LogP contribution in [0.25, 0.3) is 22.5 Å². The van der Waals surface area contributed by atoms with Crippen LogP contribution < -0.4 is 10.2 Å². The van der Waals surface area contributed by atoms with Gasteiger partial charge in [-0.25, -0.2) is 37.5 Å². The summed E-state index contributed by atoms with van der Waals surface area (Å²) in [6, 6.07) is 7.70. The number of alkyl halides is 2. The predicted octanol–water partition coefficient (Wildman–Crippen LogP) is 4.49. The summed E-state index contributed by atoms with van der Waals surface area (Å²) < 4.78 is 64.6. The number of nitrogens with one attached hydrogen (secondary N) is 1. The fourth-order valence-electron chi connectivity index (χ4n) is 4.56. The minimum absolute atomic E-state index is 0.0144. The monoisotopic (exact) mass is 622 g/mol. The molecule has 0 aliphatic carbocycles. The molecule has 2 N–H and O–H groups in total. The van der Waals surface area contributed by atoms with Crippen LogP contribution in [0.2, 0.25) is 0 Å². The first-order valence-corrected chi connectivity index (χ1v) is 16.5. The van der Waals surface area contributed by atoms with Crippen LogP contribution >= 0.6 is 10.0 Å². The third kappa shape index (κ3) is 6.78. The Morgan fingerprint density at radius 1 is 1.09 bits per heavy atom. The van der Waals surface area contributed by atoms with E-state index in [0.717, 1.165) is 5.75 Å². The highest BCUT2D eigenvalue weighted by molar-refractivity contribution is 8.32. The summed E-state index contributed by atoms with van der Waals surface area (Å²) in [5, 5.41) is 20.6. The molecule has 15 heteroatoms. The maximum absolute atomic E-state index is 15.1. The Labute approximate surface area is 248 Å². The summed E-state index contributed by atoms with van der Waals surface area (Å²) in [4.78, 5) is 10.5. The zero-order chi connectivity index (χ0) is 30.9. The molecule has 0 amide bonds. The molecular formula is C28H34F4N8O2S. The molecule has 1 fully saturated rings. The number of hydrogen-bond donors (Lipinski definition) is 2. The van der Waals surface area contributed by atoms with Crippen molar-refractivity contribution in [2.24, 2.45) is 12.5 Å². The van der Waals surface area contributed by atoms with Gasteiger partial charge in [0, 0.05) is 55.1 Å². The molecule has 0 bridgehead atoms. The van der Waals surface area contributed by atoms with E-state index in [9.17, 15) is 18.3 Å². The molecule has 1 saturated heterocycles. The number of rotatable bonds is 12. The molecule has 1 aliphatic rings. The zero-order valence-electron chi connectivity index (χ0n) is 24.3. The van der Waals surface area contributed by atoms with Crippen molar-refractivity contribution in [2.45, 2.75) is 13.2 Å². The highest BCUT2D eigenvalue weighted by atomic mass is 32.3. The van der Waals surface area contributed by atoms with Crippen molar-refractivity contribution in [1.82, 2.24) is 29.5 Å². The van der Waals surface area contributed by atoms with Gasteiger partial charge in [-0.3, -0.25) is 0 Å². The van der Waals surface area contributed by atoms with E-state index in [-0.39, 0.29) is 30.9 Å². The first kappa shape index (κ1) is 30.8. The fraction of sp³-hybridized carbons (Fsp3) is 0.429. The van der Waals surface area contributed by atoms with E-state index in [0.29, 0.717) is 35.4 Å². The molecule has 43 heavy (non-hydrogen) atoms. The third-order valence-corrected chi connectivity index (χ3v) is 8.57. The second kappa shape index (κ2) is 12.1. The normalized spacial score (nSPS) is 15.2. The van der Waals surface area contributed by atoms with Gasteiger partial charge in [0.2, 0.25) is 18.3 Å². The number of ether oxygens (including phenoxy) is 1. The largest absolute Gasteiger partial charge is 0.395 e. The van der Waals surface area contributed by atoms with Gasteiger partial charge in [-0.05, 0) is 49.1 Å². The Hall–Kier alpha value is -3.69. The highest BCUT2D eigenvalue weighted by Crippen LogP contribution is 2.39. The number of aryl methyl sites for hydroxylation is 1. The lowest BCUT2D eigenvalue weighted by atomic mass is 9.81. The summed E-state index contributed by atoms with van der Waals surface area (Å²) >= 11 is 0. The summed E-state index contributed by atoms with van der Waals surface area (Å²) in [5.74, 6) is 0.660. The third-order valence-electron chi connectivity index (χ3n) is 7.18. The van der Waals surface area contributed by atoms with Gasteiger partial charge < -0.3 is 20.1 Å². The number of hydrogen-bond acceptors (Lipinski definition) is 8.